The fraction of sp³-hybridized carbons (Fsp3) is 0.778. The molecule has 0 heterocycles. The van der Waals surface area contributed by atoms with Crippen LogP contribution in [0.1, 0.15) is 48.0 Å². The molecule has 0 aromatic rings. The van der Waals surface area contributed by atoms with Crippen LogP contribution in [-0.2, 0) is 0 Å². The third kappa shape index (κ3) is 25.7. The Labute approximate surface area is 66.3 Å². The van der Waals surface area contributed by atoms with E-state index < -0.39 is 0 Å². The third-order valence-electron chi connectivity index (χ3n) is 0.779. The largest absolute Gasteiger partial charge is 0.402 e. The second-order valence-corrected chi connectivity index (χ2v) is 1.22. The van der Waals surface area contributed by atoms with Crippen molar-refractivity contribution in [2.45, 2.75) is 48.0 Å². The van der Waals surface area contributed by atoms with Crippen LogP contribution in [0.3, 0.4) is 0 Å². The quantitative estimate of drug-likeness (QED) is 0.602. The molecule has 64 valence electrons. The Balaban J connectivity index is -0.000000105. The van der Waals surface area contributed by atoms with E-state index in [1.54, 1.807) is 0 Å². The zero-order chi connectivity index (χ0) is 8.99. The Morgan fingerprint density at radius 1 is 1.20 bits per heavy atom. The molecule has 0 radical (unpaired) electrons. The van der Waals surface area contributed by atoms with Crippen molar-refractivity contribution in [3.8, 4) is 0 Å². The highest BCUT2D eigenvalue weighted by Gasteiger charge is 1.73. The lowest BCUT2D eigenvalue weighted by atomic mass is 10.3. The maximum atomic E-state index is 5.33. The topological polar surface area (TPSA) is 26.0 Å². The van der Waals surface area contributed by atoms with E-state index in [9.17, 15) is 0 Å². The lowest BCUT2D eigenvalue weighted by Crippen LogP contribution is -1.91. The first-order chi connectivity index (χ1) is 4.81. The molecular formula is C9H23N. The van der Waals surface area contributed by atoms with Gasteiger partial charge in [-0.05, 0) is 13.3 Å². The molecule has 0 rings (SSSR count). The van der Waals surface area contributed by atoms with Gasteiger partial charge in [-0.1, -0.05) is 40.7 Å². The molecule has 0 spiro atoms. The minimum Gasteiger partial charge on any atom is -0.402 e. The lowest BCUT2D eigenvalue weighted by Gasteiger charge is -1.86. The summed E-state index contributed by atoms with van der Waals surface area (Å²) in [5.74, 6) is 0. The minimum absolute atomic E-state index is 0.968. The SMILES string of the molecule is C/C=C(\N)CC.CC.CC. The van der Waals surface area contributed by atoms with Gasteiger partial charge in [-0.2, -0.15) is 0 Å². The first kappa shape index (κ1) is 16.3. The van der Waals surface area contributed by atoms with E-state index in [0.29, 0.717) is 0 Å². The fourth-order valence-corrected chi connectivity index (χ4v) is 0.204. The van der Waals surface area contributed by atoms with Crippen molar-refractivity contribution in [2.24, 2.45) is 5.73 Å². The van der Waals surface area contributed by atoms with E-state index in [1.807, 2.05) is 47.6 Å². The number of hydrogen-bond donors (Lipinski definition) is 1. The summed E-state index contributed by atoms with van der Waals surface area (Å²) < 4.78 is 0. The molecule has 10 heavy (non-hydrogen) atoms. The highest BCUT2D eigenvalue weighted by molar-refractivity contribution is 4.91. The number of hydrogen-bond acceptors (Lipinski definition) is 1. The maximum Gasteiger partial charge on any atom is 0.00343 e. The van der Waals surface area contributed by atoms with Gasteiger partial charge in [0.2, 0.25) is 0 Å². The van der Waals surface area contributed by atoms with Crippen LogP contribution in [0, 0.1) is 0 Å². The molecule has 0 unspecified atom stereocenters. The van der Waals surface area contributed by atoms with Gasteiger partial charge in [0.25, 0.3) is 0 Å². The average Bonchev–Trinajstić information content (AvgIpc) is 2.10. The molecule has 0 aliphatic heterocycles. The molecule has 0 saturated carbocycles. The molecule has 0 aliphatic carbocycles. The zero-order valence-corrected chi connectivity index (χ0v) is 8.36. The Morgan fingerprint density at radius 2 is 1.50 bits per heavy atom. The maximum absolute atomic E-state index is 5.33. The smallest absolute Gasteiger partial charge is 0.00343 e. The van der Waals surface area contributed by atoms with Crippen LogP contribution in [0.25, 0.3) is 0 Å². The van der Waals surface area contributed by atoms with Crippen molar-refractivity contribution in [3.05, 3.63) is 11.8 Å². The second-order valence-electron chi connectivity index (χ2n) is 1.22. The molecule has 1 heteroatoms. The van der Waals surface area contributed by atoms with Crippen molar-refractivity contribution in [2.75, 3.05) is 0 Å². The summed E-state index contributed by atoms with van der Waals surface area (Å²) in [5.41, 5.74) is 6.30. The molecule has 0 fully saturated rings. The van der Waals surface area contributed by atoms with Gasteiger partial charge in [0.05, 0.1) is 0 Å². The third-order valence-corrected chi connectivity index (χ3v) is 0.779. The number of allylic oxidation sites excluding steroid dienone is 2. The van der Waals surface area contributed by atoms with Crippen LogP contribution in [-0.4, -0.2) is 0 Å². The summed E-state index contributed by atoms with van der Waals surface area (Å²) in [5, 5.41) is 0. The molecule has 0 aliphatic rings. The van der Waals surface area contributed by atoms with E-state index in [-0.39, 0.29) is 0 Å². The Bertz CT molecular complexity index is 55.7. The number of rotatable bonds is 1. The first-order valence-electron chi connectivity index (χ1n) is 4.22. The van der Waals surface area contributed by atoms with Crippen molar-refractivity contribution in [1.82, 2.24) is 0 Å². The summed E-state index contributed by atoms with van der Waals surface area (Å²) in [4.78, 5) is 0. The van der Waals surface area contributed by atoms with Gasteiger partial charge in [0.1, 0.15) is 0 Å². The molecular weight excluding hydrogens is 122 g/mol. The molecule has 0 aromatic carbocycles. The van der Waals surface area contributed by atoms with Crippen molar-refractivity contribution >= 4 is 0 Å². The molecule has 0 bridgehead atoms. The van der Waals surface area contributed by atoms with Gasteiger partial charge in [-0.3, -0.25) is 0 Å². The average molecular weight is 145 g/mol. The monoisotopic (exact) mass is 145 g/mol. The van der Waals surface area contributed by atoms with Gasteiger partial charge in [0, 0.05) is 5.70 Å². The molecule has 0 saturated heterocycles. The highest BCUT2D eigenvalue weighted by Crippen LogP contribution is 1.85. The second kappa shape index (κ2) is 23.6. The highest BCUT2D eigenvalue weighted by atomic mass is 14.6. The lowest BCUT2D eigenvalue weighted by molar-refractivity contribution is 1.06. The minimum atomic E-state index is 0.968. The van der Waals surface area contributed by atoms with E-state index >= 15 is 0 Å². The van der Waals surface area contributed by atoms with Crippen molar-refractivity contribution in [3.63, 3.8) is 0 Å². The predicted molar refractivity (Wildman–Crippen MR) is 50.9 cm³/mol. The standard InChI is InChI=1S/C5H11N.2C2H6/c1-3-5(6)4-2;2*1-2/h3H,4,6H2,1-2H3;2*1-2H3/b5-3-;;. The van der Waals surface area contributed by atoms with Gasteiger partial charge in [0.15, 0.2) is 0 Å². The molecule has 0 aromatic heterocycles. The Hall–Kier alpha value is -0.460. The summed E-state index contributed by atoms with van der Waals surface area (Å²) >= 11 is 0. The normalized spacial score (nSPS) is 8.40. The fourth-order valence-electron chi connectivity index (χ4n) is 0.204. The van der Waals surface area contributed by atoms with E-state index in [2.05, 4.69) is 0 Å². The molecule has 0 atom stereocenters. The van der Waals surface area contributed by atoms with E-state index in [4.69, 9.17) is 5.73 Å². The first-order valence-corrected chi connectivity index (χ1v) is 4.22. The van der Waals surface area contributed by atoms with E-state index in [1.165, 1.54) is 0 Å². The van der Waals surface area contributed by atoms with Crippen molar-refractivity contribution < 1.29 is 0 Å². The van der Waals surface area contributed by atoms with Gasteiger partial charge in [-0.15, -0.1) is 0 Å². The predicted octanol–water partition coefficient (Wildman–Crippen LogP) is 3.31. The van der Waals surface area contributed by atoms with E-state index in [0.717, 1.165) is 12.1 Å². The van der Waals surface area contributed by atoms with Crippen LogP contribution >= 0.6 is 0 Å². The Morgan fingerprint density at radius 3 is 1.50 bits per heavy atom. The summed E-state index contributed by atoms with van der Waals surface area (Å²) in [7, 11) is 0. The summed E-state index contributed by atoms with van der Waals surface area (Å²) in [6.45, 7) is 12.0. The summed E-state index contributed by atoms with van der Waals surface area (Å²) in [6, 6.07) is 0. The van der Waals surface area contributed by atoms with Gasteiger partial charge >= 0.3 is 0 Å². The van der Waals surface area contributed by atoms with Gasteiger partial charge < -0.3 is 5.73 Å². The van der Waals surface area contributed by atoms with Crippen molar-refractivity contribution in [1.29, 1.82) is 0 Å². The Kier molecular flexibility index (Phi) is 38.3. The molecule has 2 N–H and O–H groups in total. The van der Waals surface area contributed by atoms with Crippen LogP contribution in [0.5, 0.6) is 0 Å². The van der Waals surface area contributed by atoms with Gasteiger partial charge in [-0.25, -0.2) is 0 Å². The summed E-state index contributed by atoms with van der Waals surface area (Å²) in [6.07, 6.45) is 2.89. The van der Waals surface area contributed by atoms with Crippen LogP contribution in [0.2, 0.25) is 0 Å². The number of nitrogens with two attached hydrogens (primary N) is 1. The van der Waals surface area contributed by atoms with Crippen LogP contribution in [0.4, 0.5) is 0 Å². The zero-order valence-electron chi connectivity index (χ0n) is 8.36. The van der Waals surface area contributed by atoms with Crippen LogP contribution in [0.15, 0.2) is 11.8 Å². The molecule has 0 amide bonds. The van der Waals surface area contributed by atoms with Crippen LogP contribution < -0.4 is 5.73 Å². The molecule has 1 nitrogen and oxygen atoms in total.